The molecule has 0 bridgehead atoms. The van der Waals surface area contributed by atoms with E-state index < -0.39 is 0 Å². The van der Waals surface area contributed by atoms with E-state index in [1.807, 2.05) is 30.1 Å². The maximum atomic E-state index is 5.99. The summed E-state index contributed by atoms with van der Waals surface area (Å²) in [4.78, 5) is 4.25. The molecule has 7 heteroatoms. The van der Waals surface area contributed by atoms with E-state index >= 15 is 0 Å². The smallest absolute Gasteiger partial charge is 0.255 e. The number of rotatable bonds is 7. The van der Waals surface area contributed by atoms with E-state index in [1.54, 1.807) is 0 Å². The predicted molar refractivity (Wildman–Crippen MR) is 80.2 cm³/mol. The minimum Gasteiger partial charge on any atom is -0.364 e. The lowest BCUT2D eigenvalue weighted by Crippen LogP contribution is -2.34. The highest BCUT2D eigenvalue weighted by atomic mass is 16.5. The summed E-state index contributed by atoms with van der Waals surface area (Å²) >= 11 is 0. The second-order valence-electron chi connectivity index (χ2n) is 5.87. The highest BCUT2D eigenvalue weighted by Crippen LogP contribution is 2.31. The zero-order valence-corrected chi connectivity index (χ0v) is 13.1. The molecule has 1 fully saturated rings. The minimum atomic E-state index is -0.0487. The second-order valence-corrected chi connectivity index (χ2v) is 5.87. The largest absolute Gasteiger partial charge is 0.364 e. The summed E-state index contributed by atoms with van der Waals surface area (Å²) in [5.41, 5.74) is 0. The van der Waals surface area contributed by atoms with Crippen molar-refractivity contribution in [1.29, 1.82) is 0 Å². The Balaban J connectivity index is 1.37. The van der Waals surface area contributed by atoms with Gasteiger partial charge >= 0.3 is 0 Å². The van der Waals surface area contributed by atoms with Crippen molar-refractivity contribution in [3.05, 3.63) is 30.2 Å². The number of hydrogen-bond donors (Lipinski definition) is 1. The molecule has 2 aromatic rings. The van der Waals surface area contributed by atoms with Crippen LogP contribution in [0.3, 0.4) is 0 Å². The second kappa shape index (κ2) is 7.02. The SMILES string of the molecule is Cc1noc([C@@H]2CC[C@H](CN[C@@H](C)CCn3cccn3)O2)n1. The monoisotopic (exact) mass is 305 g/mol. The van der Waals surface area contributed by atoms with Crippen molar-refractivity contribution in [3.63, 3.8) is 0 Å². The van der Waals surface area contributed by atoms with Gasteiger partial charge < -0.3 is 14.6 Å². The summed E-state index contributed by atoms with van der Waals surface area (Å²) < 4.78 is 13.1. The number of nitrogens with one attached hydrogen (secondary N) is 1. The molecule has 0 spiro atoms. The van der Waals surface area contributed by atoms with Crippen molar-refractivity contribution in [2.75, 3.05) is 6.54 Å². The Morgan fingerprint density at radius 3 is 3.09 bits per heavy atom. The Morgan fingerprint density at radius 1 is 1.45 bits per heavy atom. The van der Waals surface area contributed by atoms with Gasteiger partial charge in [-0.05, 0) is 39.2 Å². The molecular formula is C15H23N5O2. The van der Waals surface area contributed by atoms with Crippen LogP contribution in [-0.2, 0) is 11.3 Å². The quantitative estimate of drug-likeness (QED) is 0.841. The maximum absolute atomic E-state index is 5.99. The van der Waals surface area contributed by atoms with Crippen molar-refractivity contribution in [3.8, 4) is 0 Å². The topological polar surface area (TPSA) is 78.0 Å². The van der Waals surface area contributed by atoms with Gasteiger partial charge in [0.25, 0.3) is 5.89 Å². The van der Waals surface area contributed by atoms with Gasteiger partial charge in [-0.1, -0.05) is 5.16 Å². The third-order valence-electron chi connectivity index (χ3n) is 3.97. The summed E-state index contributed by atoms with van der Waals surface area (Å²) in [5, 5.41) is 11.6. The van der Waals surface area contributed by atoms with Crippen LogP contribution in [0.5, 0.6) is 0 Å². The molecule has 0 saturated carbocycles. The van der Waals surface area contributed by atoms with Crippen LogP contribution in [0, 0.1) is 6.92 Å². The first-order chi connectivity index (χ1) is 10.7. The Labute approximate surface area is 130 Å². The summed E-state index contributed by atoms with van der Waals surface area (Å²) in [6, 6.07) is 2.38. The first kappa shape index (κ1) is 15.2. The molecule has 3 atom stereocenters. The lowest BCUT2D eigenvalue weighted by Gasteiger charge is -2.17. The molecule has 1 saturated heterocycles. The molecule has 0 radical (unpaired) electrons. The van der Waals surface area contributed by atoms with Crippen LogP contribution in [0.15, 0.2) is 23.0 Å². The van der Waals surface area contributed by atoms with Crippen molar-refractivity contribution < 1.29 is 9.26 Å². The number of aryl methyl sites for hydroxylation is 2. The van der Waals surface area contributed by atoms with Gasteiger partial charge in [0.1, 0.15) is 6.10 Å². The molecule has 2 aromatic heterocycles. The normalized spacial score (nSPS) is 23.0. The fraction of sp³-hybridized carbons (Fsp3) is 0.667. The summed E-state index contributed by atoms with van der Waals surface area (Å²) in [6.45, 7) is 5.79. The van der Waals surface area contributed by atoms with Crippen LogP contribution in [0.25, 0.3) is 0 Å². The van der Waals surface area contributed by atoms with Gasteiger partial charge in [-0.25, -0.2) is 0 Å². The summed E-state index contributed by atoms with van der Waals surface area (Å²) in [5.74, 6) is 1.26. The van der Waals surface area contributed by atoms with Crippen LogP contribution in [0.2, 0.25) is 0 Å². The molecule has 120 valence electrons. The molecule has 0 amide bonds. The lowest BCUT2D eigenvalue weighted by atomic mass is 10.1. The van der Waals surface area contributed by atoms with Crippen LogP contribution in [0.1, 0.15) is 44.0 Å². The van der Waals surface area contributed by atoms with E-state index in [4.69, 9.17) is 9.26 Å². The standard InChI is InChI=1S/C15H23N5O2/c1-11(6-9-20-8-3-7-17-20)16-10-13-4-5-14(21-13)15-18-12(2)19-22-15/h3,7-8,11,13-14,16H,4-6,9-10H2,1-2H3/t11-,13+,14-/m0/s1. The van der Waals surface area contributed by atoms with Crippen molar-refractivity contribution in [2.24, 2.45) is 0 Å². The maximum Gasteiger partial charge on any atom is 0.255 e. The van der Waals surface area contributed by atoms with Crippen LogP contribution >= 0.6 is 0 Å². The average Bonchev–Trinajstić information content (AvgIpc) is 3.24. The molecule has 0 aliphatic carbocycles. The van der Waals surface area contributed by atoms with Crippen molar-refractivity contribution in [1.82, 2.24) is 25.2 Å². The lowest BCUT2D eigenvalue weighted by molar-refractivity contribution is 0.0253. The first-order valence-electron chi connectivity index (χ1n) is 7.87. The Kier molecular flexibility index (Phi) is 4.84. The van der Waals surface area contributed by atoms with Crippen LogP contribution in [0.4, 0.5) is 0 Å². The number of hydrogen-bond acceptors (Lipinski definition) is 6. The first-order valence-corrected chi connectivity index (χ1v) is 7.87. The van der Waals surface area contributed by atoms with Gasteiger partial charge in [-0.2, -0.15) is 10.1 Å². The molecule has 7 nitrogen and oxygen atoms in total. The van der Waals surface area contributed by atoms with Crippen molar-refractivity contribution in [2.45, 2.75) is 57.9 Å². The van der Waals surface area contributed by atoms with Gasteiger partial charge in [0.05, 0.1) is 6.10 Å². The Morgan fingerprint density at radius 2 is 2.36 bits per heavy atom. The Bertz CT molecular complexity index is 568. The van der Waals surface area contributed by atoms with E-state index in [1.165, 1.54) is 0 Å². The predicted octanol–water partition coefficient (Wildman–Crippen LogP) is 1.86. The third kappa shape index (κ3) is 3.92. The number of aromatic nitrogens is 4. The minimum absolute atomic E-state index is 0.0487. The Hall–Kier alpha value is -1.73. The third-order valence-corrected chi connectivity index (χ3v) is 3.97. The van der Waals surface area contributed by atoms with E-state index in [0.717, 1.165) is 32.4 Å². The van der Waals surface area contributed by atoms with Gasteiger partial charge in [0.2, 0.25) is 0 Å². The summed E-state index contributed by atoms with van der Waals surface area (Å²) in [7, 11) is 0. The van der Waals surface area contributed by atoms with E-state index in [9.17, 15) is 0 Å². The average molecular weight is 305 g/mol. The highest BCUT2D eigenvalue weighted by Gasteiger charge is 2.30. The number of ether oxygens (including phenoxy) is 1. The van der Waals surface area contributed by atoms with Crippen LogP contribution < -0.4 is 5.32 Å². The van der Waals surface area contributed by atoms with Crippen molar-refractivity contribution >= 4 is 0 Å². The highest BCUT2D eigenvalue weighted by molar-refractivity contribution is 4.92. The molecule has 0 unspecified atom stereocenters. The van der Waals surface area contributed by atoms with Gasteiger partial charge in [0, 0.05) is 31.5 Å². The van der Waals surface area contributed by atoms with Gasteiger partial charge in [-0.3, -0.25) is 4.68 Å². The van der Waals surface area contributed by atoms with E-state index in [-0.39, 0.29) is 12.2 Å². The molecule has 3 rings (SSSR count). The molecule has 22 heavy (non-hydrogen) atoms. The molecule has 1 aliphatic rings. The molecule has 1 aliphatic heterocycles. The zero-order valence-electron chi connectivity index (χ0n) is 13.1. The van der Waals surface area contributed by atoms with Crippen LogP contribution in [-0.4, -0.2) is 38.6 Å². The molecule has 3 heterocycles. The fourth-order valence-electron chi connectivity index (χ4n) is 2.67. The molecular weight excluding hydrogens is 282 g/mol. The number of nitrogens with zero attached hydrogens (tertiary/aromatic N) is 4. The van der Waals surface area contributed by atoms with E-state index in [2.05, 4.69) is 27.5 Å². The van der Waals surface area contributed by atoms with Gasteiger partial charge in [0.15, 0.2) is 5.82 Å². The molecule has 1 N–H and O–H groups in total. The zero-order chi connectivity index (χ0) is 15.4. The van der Waals surface area contributed by atoms with Gasteiger partial charge in [-0.15, -0.1) is 0 Å². The summed E-state index contributed by atoms with van der Waals surface area (Å²) in [6.07, 6.45) is 6.96. The fourth-order valence-corrected chi connectivity index (χ4v) is 2.67. The van der Waals surface area contributed by atoms with E-state index in [0.29, 0.717) is 17.8 Å². The molecule has 0 aromatic carbocycles.